The Bertz CT molecular complexity index is 604. The summed E-state index contributed by atoms with van der Waals surface area (Å²) in [6.07, 6.45) is 1.95. The maximum Gasteiger partial charge on any atom is 0.152 e. The topological polar surface area (TPSA) is 73.1 Å². The number of hydrogen-bond acceptors (Lipinski definition) is 6. The number of nitrogens with two attached hydrogens (primary N) is 1. The van der Waals surface area contributed by atoms with Gasteiger partial charge in [-0.1, -0.05) is 0 Å². The quantitative estimate of drug-likeness (QED) is 0.665. The second kappa shape index (κ2) is 5.03. The third-order valence-corrected chi connectivity index (χ3v) is 4.81. The standard InChI is InChI=1S/C13H18N4OS/c1-7-8(2)19-13-11(7)12(17-14)15-10(16-13)5-9-3-4-18-6-9/h9H,3-6,14H2,1-2H3,(H,15,16,17). The molecule has 0 spiro atoms. The van der Waals surface area contributed by atoms with Crippen LogP contribution < -0.4 is 11.3 Å². The van der Waals surface area contributed by atoms with E-state index in [2.05, 4.69) is 29.2 Å². The molecule has 1 unspecified atom stereocenters. The maximum atomic E-state index is 5.61. The average molecular weight is 278 g/mol. The number of hydrazine groups is 1. The number of fused-ring (bicyclic) bond motifs is 1. The number of hydrogen-bond donors (Lipinski definition) is 2. The van der Waals surface area contributed by atoms with Crippen LogP contribution in [0.2, 0.25) is 0 Å². The molecule has 3 N–H and O–H groups in total. The normalized spacial score (nSPS) is 19.2. The van der Waals surface area contributed by atoms with Gasteiger partial charge in [-0.25, -0.2) is 15.8 Å². The zero-order valence-corrected chi connectivity index (χ0v) is 12.0. The van der Waals surface area contributed by atoms with Crippen LogP contribution in [0.15, 0.2) is 0 Å². The van der Waals surface area contributed by atoms with E-state index >= 15 is 0 Å². The average Bonchev–Trinajstić information content (AvgIpc) is 2.98. The highest BCUT2D eigenvalue weighted by Crippen LogP contribution is 2.33. The van der Waals surface area contributed by atoms with E-state index in [9.17, 15) is 0 Å². The lowest BCUT2D eigenvalue weighted by Crippen LogP contribution is -2.13. The van der Waals surface area contributed by atoms with Gasteiger partial charge in [-0.2, -0.15) is 0 Å². The van der Waals surface area contributed by atoms with Gasteiger partial charge < -0.3 is 10.2 Å². The highest BCUT2D eigenvalue weighted by atomic mass is 32.1. The Labute approximate surface area is 116 Å². The van der Waals surface area contributed by atoms with Gasteiger partial charge >= 0.3 is 0 Å². The van der Waals surface area contributed by atoms with E-state index in [0.29, 0.717) is 5.92 Å². The summed E-state index contributed by atoms with van der Waals surface area (Å²) in [6.45, 7) is 5.86. The molecule has 0 saturated carbocycles. The van der Waals surface area contributed by atoms with Crippen molar-refractivity contribution < 1.29 is 4.74 Å². The minimum atomic E-state index is 0.533. The van der Waals surface area contributed by atoms with Crippen molar-refractivity contribution in [2.45, 2.75) is 26.7 Å². The summed E-state index contributed by atoms with van der Waals surface area (Å²) >= 11 is 1.70. The highest BCUT2D eigenvalue weighted by molar-refractivity contribution is 7.18. The van der Waals surface area contributed by atoms with Crippen molar-refractivity contribution >= 4 is 27.4 Å². The number of nitrogens with one attached hydrogen (secondary N) is 1. The molecular weight excluding hydrogens is 260 g/mol. The van der Waals surface area contributed by atoms with Crippen molar-refractivity contribution in [1.29, 1.82) is 0 Å². The van der Waals surface area contributed by atoms with Gasteiger partial charge in [-0.15, -0.1) is 11.3 Å². The molecule has 102 valence electrons. The zero-order valence-electron chi connectivity index (χ0n) is 11.2. The molecule has 2 aromatic heterocycles. The third-order valence-electron chi connectivity index (χ3n) is 3.71. The Hall–Kier alpha value is -1.24. The second-order valence-corrected chi connectivity index (χ2v) is 6.23. The fraction of sp³-hybridized carbons (Fsp3) is 0.538. The maximum absolute atomic E-state index is 5.61. The Kier molecular flexibility index (Phi) is 3.38. The van der Waals surface area contributed by atoms with Gasteiger partial charge in [-0.3, -0.25) is 0 Å². The highest BCUT2D eigenvalue weighted by Gasteiger charge is 2.20. The van der Waals surface area contributed by atoms with Crippen molar-refractivity contribution in [2.75, 3.05) is 18.6 Å². The van der Waals surface area contributed by atoms with E-state index < -0.39 is 0 Å². The predicted molar refractivity (Wildman–Crippen MR) is 77.3 cm³/mol. The molecule has 0 aromatic carbocycles. The molecule has 3 heterocycles. The lowest BCUT2D eigenvalue weighted by molar-refractivity contribution is 0.185. The number of thiophene rings is 1. The van der Waals surface area contributed by atoms with Crippen molar-refractivity contribution in [3.63, 3.8) is 0 Å². The summed E-state index contributed by atoms with van der Waals surface area (Å²) in [5.74, 6) is 7.74. The Morgan fingerprint density at radius 3 is 2.95 bits per heavy atom. The Morgan fingerprint density at radius 1 is 1.42 bits per heavy atom. The molecule has 19 heavy (non-hydrogen) atoms. The number of nitrogens with zero attached hydrogens (tertiary/aromatic N) is 2. The van der Waals surface area contributed by atoms with Crippen LogP contribution in [-0.2, 0) is 11.2 Å². The molecule has 5 nitrogen and oxygen atoms in total. The predicted octanol–water partition coefficient (Wildman–Crippen LogP) is 2.17. The van der Waals surface area contributed by atoms with Gasteiger partial charge in [0, 0.05) is 24.5 Å². The van der Waals surface area contributed by atoms with Crippen LogP contribution in [0.25, 0.3) is 10.2 Å². The zero-order chi connectivity index (χ0) is 13.4. The first-order valence-electron chi connectivity index (χ1n) is 6.50. The molecular formula is C13H18N4OS. The Balaban J connectivity index is 2.01. The molecule has 1 fully saturated rings. The van der Waals surface area contributed by atoms with Gasteiger partial charge in [0.2, 0.25) is 0 Å². The van der Waals surface area contributed by atoms with E-state index in [1.807, 2.05) is 0 Å². The van der Waals surface area contributed by atoms with Gasteiger partial charge in [0.25, 0.3) is 0 Å². The van der Waals surface area contributed by atoms with Gasteiger partial charge in [0.1, 0.15) is 10.7 Å². The first-order chi connectivity index (χ1) is 9.19. The lowest BCUT2D eigenvalue weighted by Gasteiger charge is -2.09. The number of aromatic nitrogens is 2. The molecule has 0 radical (unpaired) electrons. The lowest BCUT2D eigenvalue weighted by atomic mass is 10.0. The summed E-state index contributed by atoms with van der Waals surface area (Å²) in [4.78, 5) is 11.5. The van der Waals surface area contributed by atoms with Gasteiger partial charge in [0.05, 0.1) is 5.39 Å². The Morgan fingerprint density at radius 2 is 2.26 bits per heavy atom. The fourth-order valence-corrected chi connectivity index (χ4v) is 3.54. The van der Waals surface area contributed by atoms with Crippen LogP contribution in [0.5, 0.6) is 0 Å². The summed E-state index contributed by atoms with van der Waals surface area (Å²) < 4.78 is 5.40. The number of anilines is 1. The van der Waals surface area contributed by atoms with Crippen LogP contribution in [0.3, 0.4) is 0 Å². The van der Waals surface area contributed by atoms with Crippen LogP contribution in [0, 0.1) is 19.8 Å². The molecule has 0 bridgehead atoms. The minimum absolute atomic E-state index is 0.533. The number of aryl methyl sites for hydroxylation is 2. The summed E-state index contributed by atoms with van der Waals surface area (Å²) in [5.41, 5.74) is 3.93. The van der Waals surface area contributed by atoms with Gasteiger partial charge in [0.15, 0.2) is 5.82 Å². The first kappa shape index (κ1) is 12.8. The largest absolute Gasteiger partial charge is 0.381 e. The molecule has 2 aromatic rings. The van der Waals surface area contributed by atoms with Crippen molar-refractivity contribution in [3.8, 4) is 0 Å². The van der Waals surface area contributed by atoms with E-state index in [-0.39, 0.29) is 0 Å². The van der Waals surface area contributed by atoms with Gasteiger partial charge in [-0.05, 0) is 31.7 Å². The molecule has 6 heteroatoms. The second-order valence-electron chi connectivity index (χ2n) is 5.03. The minimum Gasteiger partial charge on any atom is -0.381 e. The summed E-state index contributed by atoms with van der Waals surface area (Å²) in [6, 6.07) is 0. The van der Waals surface area contributed by atoms with Crippen LogP contribution >= 0.6 is 11.3 Å². The van der Waals surface area contributed by atoms with Crippen LogP contribution in [0.4, 0.5) is 5.82 Å². The number of rotatable bonds is 3. The smallest absolute Gasteiger partial charge is 0.152 e. The molecule has 1 aliphatic heterocycles. The molecule has 3 rings (SSSR count). The molecule has 0 amide bonds. The van der Waals surface area contributed by atoms with Crippen molar-refractivity contribution in [2.24, 2.45) is 11.8 Å². The van der Waals surface area contributed by atoms with Crippen LogP contribution in [-0.4, -0.2) is 23.2 Å². The monoisotopic (exact) mass is 278 g/mol. The molecule has 1 atom stereocenters. The van der Waals surface area contributed by atoms with E-state index in [0.717, 1.165) is 47.9 Å². The van der Waals surface area contributed by atoms with E-state index in [1.54, 1.807) is 11.3 Å². The third kappa shape index (κ3) is 2.31. The first-order valence-corrected chi connectivity index (χ1v) is 7.31. The van der Waals surface area contributed by atoms with E-state index in [4.69, 9.17) is 10.6 Å². The number of ether oxygens (including phenoxy) is 1. The van der Waals surface area contributed by atoms with Crippen LogP contribution in [0.1, 0.15) is 22.7 Å². The summed E-state index contributed by atoms with van der Waals surface area (Å²) in [7, 11) is 0. The van der Waals surface area contributed by atoms with E-state index in [1.165, 1.54) is 10.4 Å². The van der Waals surface area contributed by atoms with Crippen molar-refractivity contribution in [1.82, 2.24) is 9.97 Å². The SMILES string of the molecule is Cc1sc2nc(CC3CCOC3)nc(NN)c2c1C. The fourth-order valence-electron chi connectivity index (χ4n) is 2.49. The molecule has 0 aliphatic carbocycles. The molecule has 1 saturated heterocycles. The summed E-state index contributed by atoms with van der Waals surface area (Å²) in [5, 5.41) is 1.05. The number of nitrogen functional groups attached to an aromatic ring is 1. The van der Waals surface area contributed by atoms with Crippen molar-refractivity contribution in [3.05, 3.63) is 16.3 Å². The molecule has 1 aliphatic rings.